The summed E-state index contributed by atoms with van der Waals surface area (Å²) < 4.78 is 11.6. The predicted octanol–water partition coefficient (Wildman–Crippen LogP) is 3.13. The molecule has 0 radical (unpaired) electrons. The van der Waals surface area contributed by atoms with Gasteiger partial charge in [-0.15, -0.1) is 0 Å². The molecular weight excluding hydrogens is 244 g/mol. The number of halogens is 1. The summed E-state index contributed by atoms with van der Waals surface area (Å²) in [7, 11) is 0. The van der Waals surface area contributed by atoms with Crippen LogP contribution < -0.4 is 0 Å². The largest absolute Gasteiger partial charge is 0.374 e. The highest BCUT2D eigenvalue weighted by Crippen LogP contribution is 2.35. The van der Waals surface area contributed by atoms with E-state index in [-0.39, 0.29) is 17.8 Å². The normalized spacial score (nSPS) is 32.8. The van der Waals surface area contributed by atoms with Crippen LogP contribution >= 0.6 is 15.9 Å². The Kier molecular flexibility index (Phi) is 4.41. The maximum absolute atomic E-state index is 5.90. The topological polar surface area (TPSA) is 18.5 Å². The van der Waals surface area contributed by atoms with Gasteiger partial charge in [0.2, 0.25) is 0 Å². The molecule has 0 N–H and O–H groups in total. The number of hydrogen-bond acceptors (Lipinski definition) is 2. The Balaban J connectivity index is 2.33. The molecule has 1 rings (SSSR count). The maximum Gasteiger partial charge on any atom is 0.0962 e. The van der Waals surface area contributed by atoms with Crippen molar-refractivity contribution >= 4 is 15.9 Å². The van der Waals surface area contributed by atoms with Crippen molar-refractivity contribution in [1.29, 1.82) is 0 Å². The first kappa shape index (κ1) is 12.5. The van der Waals surface area contributed by atoms with E-state index in [1.54, 1.807) is 0 Å². The van der Waals surface area contributed by atoms with E-state index in [0.29, 0.717) is 4.83 Å². The Bertz CT molecular complexity index is 177. The molecule has 1 aliphatic rings. The molecular formula is C11H21BrO2. The number of rotatable bonds is 4. The molecule has 0 amide bonds. The summed E-state index contributed by atoms with van der Waals surface area (Å²) in [6, 6.07) is 0. The molecule has 0 aliphatic heterocycles. The van der Waals surface area contributed by atoms with Gasteiger partial charge in [-0.2, -0.15) is 0 Å². The maximum atomic E-state index is 5.90. The van der Waals surface area contributed by atoms with E-state index >= 15 is 0 Å². The summed E-state index contributed by atoms with van der Waals surface area (Å²) in [6.45, 7) is 9.22. The molecule has 3 unspecified atom stereocenters. The van der Waals surface area contributed by atoms with Gasteiger partial charge in [0.25, 0.3) is 0 Å². The van der Waals surface area contributed by atoms with E-state index in [2.05, 4.69) is 43.6 Å². The Morgan fingerprint density at radius 1 is 1.36 bits per heavy atom. The third-order valence-electron chi connectivity index (χ3n) is 2.20. The van der Waals surface area contributed by atoms with Gasteiger partial charge in [-0.1, -0.05) is 22.9 Å². The Hall–Kier alpha value is 0.400. The van der Waals surface area contributed by atoms with Crippen molar-refractivity contribution in [3.8, 4) is 0 Å². The minimum atomic E-state index is -0.0639. The molecule has 0 aromatic heterocycles. The highest BCUT2D eigenvalue weighted by molar-refractivity contribution is 9.09. The third-order valence-corrected chi connectivity index (χ3v) is 3.09. The molecule has 3 heteroatoms. The smallest absolute Gasteiger partial charge is 0.0962 e. The molecule has 1 fully saturated rings. The summed E-state index contributed by atoms with van der Waals surface area (Å²) in [5.74, 6) is 0. The fourth-order valence-corrected chi connectivity index (χ4v) is 2.42. The van der Waals surface area contributed by atoms with Crippen LogP contribution in [0.25, 0.3) is 0 Å². The van der Waals surface area contributed by atoms with Crippen LogP contribution in [0.2, 0.25) is 0 Å². The monoisotopic (exact) mass is 264 g/mol. The fourth-order valence-electron chi connectivity index (χ4n) is 1.56. The van der Waals surface area contributed by atoms with Gasteiger partial charge in [0.1, 0.15) is 0 Å². The van der Waals surface area contributed by atoms with Gasteiger partial charge in [0.05, 0.1) is 17.8 Å². The molecule has 0 heterocycles. The van der Waals surface area contributed by atoms with Crippen molar-refractivity contribution in [2.75, 3.05) is 6.61 Å². The zero-order chi connectivity index (χ0) is 10.8. The van der Waals surface area contributed by atoms with Crippen molar-refractivity contribution in [1.82, 2.24) is 0 Å². The summed E-state index contributed by atoms with van der Waals surface area (Å²) >= 11 is 3.60. The molecule has 1 saturated carbocycles. The van der Waals surface area contributed by atoms with E-state index in [4.69, 9.17) is 9.47 Å². The number of hydrogen-bond donors (Lipinski definition) is 0. The molecule has 84 valence electrons. The molecule has 0 aromatic rings. The van der Waals surface area contributed by atoms with E-state index in [9.17, 15) is 0 Å². The van der Waals surface area contributed by atoms with Crippen molar-refractivity contribution < 1.29 is 9.47 Å². The third kappa shape index (κ3) is 3.52. The van der Waals surface area contributed by atoms with E-state index < -0.39 is 0 Å². The second-order valence-electron chi connectivity index (χ2n) is 4.86. The van der Waals surface area contributed by atoms with Crippen molar-refractivity contribution in [3.05, 3.63) is 0 Å². The van der Waals surface area contributed by atoms with Crippen LogP contribution in [0.4, 0.5) is 0 Å². The molecule has 2 nitrogen and oxygen atoms in total. The molecule has 1 aliphatic carbocycles. The highest BCUT2D eigenvalue weighted by Gasteiger charge is 2.42. The lowest BCUT2D eigenvalue weighted by Crippen LogP contribution is -2.53. The SMILES string of the molecule is CCCOC1C(Br)CC1OC(C)(C)C. The Morgan fingerprint density at radius 2 is 2.00 bits per heavy atom. The Morgan fingerprint density at radius 3 is 2.43 bits per heavy atom. The molecule has 0 bridgehead atoms. The zero-order valence-electron chi connectivity index (χ0n) is 9.55. The van der Waals surface area contributed by atoms with Crippen LogP contribution in [-0.2, 0) is 9.47 Å². The minimum Gasteiger partial charge on any atom is -0.374 e. The van der Waals surface area contributed by atoms with Gasteiger partial charge in [0, 0.05) is 11.4 Å². The summed E-state index contributed by atoms with van der Waals surface area (Å²) in [4.78, 5) is 0.474. The first-order valence-corrected chi connectivity index (χ1v) is 6.29. The molecule has 0 spiro atoms. The Labute approximate surface area is 95.5 Å². The van der Waals surface area contributed by atoms with Crippen LogP contribution in [-0.4, -0.2) is 29.2 Å². The van der Waals surface area contributed by atoms with Crippen LogP contribution in [0.5, 0.6) is 0 Å². The lowest BCUT2D eigenvalue weighted by Gasteiger charge is -2.44. The average Bonchev–Trinajstić information content (AvgIpc) is 2.01. The standard InChI is InChI=1S/C11H21BrO2/c1-5-6-13-10-8(12)7-9(10)14-11(2,3)4/h8-10H,5-7H2,1-4H3. The number of alkyl halides is 1. The fraction of sp³-hybridized carbons (Fsp3) is 1.00. The summed E-state index contributed by atoms with van der Waals surface area (Å²) in [5.41, 5.74) is -0.0639. The van der Waals surface area contributed by atoms with Gasteiger partial charge in [-0.3, -0.25) is 0 Å². The molecule has 0 saturated heterocycles. The van der Waals surface area contributed by atoms with Gasteiger partial charge in [-0.25, -0.2) is 0 Å². The quantitative estimate of drug-likeness (QED) is 0.727. The first-order chi connectivity index (χ1) is 6.44. The highest BCUT2D eigenvalue weighted by atomic mass is 79.9. The second kappa shape index (κ2) is 4.95. The lowest BCUT2D eigenvalue weighted by molar-refractivity contribution is -0.167. The predicted molar refractivity (Wildman–Crippen MR) is 62.0 cm³/mol. The first-order valence-electron chi connectivity index (χ1n) is 5.37. The van der Waals surface area contributed by atoms with E-state index in [0.717, 1.165) is 19.4 Å². The molecule has 3 atom stereocenters. The van der Waals surface area contributed by atoms with Crippen LogP contribution in [0.3, 0.4) is 0 Å². The van der Waals surface area contributed by atoms with Gasteiger partial charge in [0.15, 0.2) is 0 Å². The summed E-state index contributed by atoms with van der Waals surface area (Å²) in [6.07, 6.45) is 2.64. The number of ether oxygens (including phenoxy) is 2. The lowest BCUT2D eigenvalue weighted by atomic mass is 9.90. The molecule has 0 aromatic carbocycles. The van der Waals surface area contributed by atoms with Crippen molar-refractivity contribution in [3.63, 3.8) is 0 Å². The van der Waals surface area contributed by atoms with Crippen LogP contribution in [0.15, 0.2) is 0 Å². The minimum absolute atomic E-state index is 0.0639. The van der Waals surface area contributed by atoms with E-state index in [1.165, 1.54) is 0 Å². The summed E-state index contributed by atoms with van der Waals surface area (Å²) in [5, 5.41) is 0. The van der Waals surface area contributed by atoms with Gasteiger partial charge >= 0.3 is 0 Å². The van der Waals surface area contributed by atoms with Crippen molar-refractivity contribution in [2.24, 2.45) is 0 Å². The second-order valence-corrected chi connectivity index (χ2v) is 6.03. The van der Waals surface area contributed by atoms with Gasteiger partial charge in [-0.05, 0) is 33.6 Å². The van der Waals surface area contributed by atoms with Crippen molar-refractivity contribution in [2.45, 2.75) is 63.2 Å². The van der Waals surface area contributed by atoms with Crippen LogP contribution in [0, 0.1) is 0 Å². The average molecular weight is 265 g/mol. The zero-order valence-corrected chi connectivity index (χ0v) is 11.1. The van der Waals surface area contributed by atoms with Crippen LogP contribution in [0.1, 0.15) is 40.5 Å². The van der Waals surface area contributed by atoms with Gasteiger partial charge < -0.3 is 9.47 Å². The molecule has 14 heavy (non-hydrogen) atoms. The van der Waals surface area contributed by atoms with E-state index in [1.807, 2.05) is 0 Å².